The van der Waals surface area contributed by atoms with Crippen molar-refractivity contribution in [2.45, 2.75) is 57.5 Å². The highest BCUT2D eigenvalue weighted by Crippen LogP contribution is 2.25. The van der Waals surface area contributed by atoms with Gasteiger partial charge in [0.1, 0.15) is 6.10 Å². The van der Waals surface area contributed by atoms with Crippen LogP contribution in [0.4, 0.5) is 11.4 Å². The first-order valence-electron chi connectivity index (χ1n) is 10.1. The molecule has 0 radical (unpaired) electrons. The van der Waals surface area contributed by atoms with Crippen LogP contribution in [-0.4, -0.2) is 21.9 Å². The van der Waals surface area contributed by atoms with Gasteiger partial charge < -0.3 is 4.74 Å². The first-order valence-corrected chi connectivity index (χ1v) is 10.1. The number of non-ortho nitro benzene ring substituents is 2. The number of esters is 1. The van der Waals surface area contributed by atoms with Crippen molar-refractivity contribution in [1.29, 1.82) is 0 Å². The molecule has 0 amide bonds. The van der Waals surface area contributed by atoms with E-state index < -0.39 is 27.2 Å². The first-order chi connectivity index (χ1) is 14.4. The second-order valence-electron chi connectivity index (χ2n) is 7.59. The number of nitro groups is 2. The molecule has 8 nitrogen and oxygen atoms in total. The molecule has 0 heterocycles. The third-order valence-electron chi connectivity index (χ3n) is 5.34. The number of nitro benzene ring substituents is 2. The molecule has 0 aromatic heterocycles. The Morgan fingerprint density at radius 1 is 0.800 bits per heavy atom. The van der Waals surface area contributed by atoms with Crippen molar-refractivity contribution in [3.63, 3.8) is 0 Å². The van der Waals surface area contributed by atoms with E-state index in [-0.39, 0.29) is 11.7 Å². The van der Waals surface area contributed by atoms with E-state index >= 15 is 0 Å². The maximum atomic E-state index is 12.6. The van der Waals surface area contributed by atoms with Crippen molar-refractivity contribution in [3.05, 3.63) is 79.4 Å². The lowest BCUT2D eigenvalue weighted by atomic mass is 10.0. The molecule has 1 atom stereocenters. The van der Waals surface area contributed by atoms with Gasteiger partial charge in [0.15, 0.2) is 0 Å². The summed E-state index contributed by atoms with van der Waals surface area (Å²) in [6, 6.07) is 11.5. The Labute approximate surface area is 174 Å². The molecular formula is C22H24N2O6. The molecule has 2 aromatic rings. The summed E-state index contributed by atoms with van der Waals surface area (Å²) in [7, 11) is 0. The van der Waals surface area contributed by atoms with Crippen molar-refractivity contribution in [3.8, 4) is 0 Å². The molecule has 4 rings (SSSR count). The molecular weight excluding hydrogens is 388 g/mol. The van der Waals surface area contributed by atoms with Crippen LogP contribution < -0.4 is 0 Å². The van der Waals surface area contributed by atoms with Crippen molar-refractivity contribution in [2.75, 3.05) is 0 Å². The fourth-order valence-corrected chi connectivity index (χ4v) is 3.69. The first kappa shape index (κ1) is 21.4. The lowest BCUT2D eigenvalue weighted by Gasteiger charge is -2.18. The minimum atomic E-state index is -0.764. The number of carbonyl (C=O) groups is 1. The number of hydrogen-bond acceptors (Lipinski definition) is 6. The molecule has 0 saturated carbocycles. The van der Waals surface area contributed by atoms with E-state index in [1.807, 2.05) is 0 Å². The third-order valence-corrected chi connectivity index (χ3v) is 5.34. The molecule has 2 aliphatic carbocycles. The van der Waals surface area contributed by atoms with Crippen LogP contribution in [0.15, 0.2) is 42.5 Å². The molecule has 8 heteroatoms. The normalized spacial score (nSPS) is 17.3. The van der Waals surface area contributed by atoms with Crippen LogP contribution in [0.2, 0.25) is 0 Å². The van der Waals surface area contributed by atoms with Gasteiger partial charge in [0.05, 0.1) is 21.5 Å². The zero-order valence-corrected chi connectivity index (χ0v) is 16.6. The average Bonchev–Trinajstić information content (AvgIpc) is 2.76. The van der Waals surface area contributed by atoms with Crippen LogP contribution in [0.3, 0.4) is 0 Å². The van der Waals surface area contributed by atoms with Gasteiger partial charge in [-0.1, -0.05) is 30.7 Å². The maximum Gasteiger partial charge on any atom is 0.338 e. The predicted molar refractivity (Wildman–Crippen MR) is 111 cm³/mol. The summed E-state index contributed by atoms with van der Waals surface area (Å²) in [6.45, 7) is 0. The van der Waals surface area contributed by atoms with Gasteiger partial charge in [0, 0.05) is 12.1 Å². The monoisotopic (exact) mass is 412 g/mol. The SMILES string of the molecule is O=C(O[C@@H]1CCCCCc2ccc(cc2)CCC1)c1cc([N+](=O)[O-])cc([N+](=O)[O-])c1. The second kappa shape index (κ2) is 9.96. The van der Waals surface area contributed by atoms with E-state index in [9.17, 15) is 25.0 Å². The Morgan fingerprint density at radius 2 is 1.33 bits per heavy atom. The van der Waals surface area contributed by atoms with Gasteiger partial charge in [-0.05, 0) is 56.1 Å². The number of rotatable bonds is 4. The minimum absolute atomic E-state index is 0.172. The van der Waals surface area contributed by atoms with Crippen LogP contribution in [0, 0.1) is 20.2 Å². The number of ether oxygens (including phenoxy) is 1. The molecule has 2 aromatic carbocycles. The molecule has 0 saturated heterocycles. The molecule has 0 N–H and O–H groups in total. The van der Waals surface area contributed by atoms with E-state index in [1.54, 1.807) is 0 Å². The molecule has 0 unspecified atom stereocenters. The molecule has 0 aliphatic heterocycles. The lowest BCUT2D eigenvalue weighted by molar-refractivity contribution is -0.394. The largest absolute Gasteiger partial charge is 0.459 e. The summed E-state index contributed by atoms with van der Waals surface area (Å²) < 4.78 is 5.63. The van der Waals surface area contributed by atoms with Gasteiger partial charge >= 0.3 is 5.97 Å². The lowest BCUT2D eigenvalue weighted by Crippen LogP contribution is -2.19. The van der Waals surface area contributed by atoms with E-state index in [2.05, 4.69) is 24.3 Å². The van der Waals surface area contributed by atoms with Gasteiger partial charge in [-0.15, -0.1) is 0 Å². The maximum absolute atomic E-state index is 12.6. The second-order valence-corrected chi connectivity index (χ2v) is 7.59. The van der Waals surface area contributed by atoms with Crippen molar-refractivity contribution in [2.24, 2.45) is 0 Å². The summed E-state index contributed by atoms with van der Waals surface area (Å²) >= 11 is 0. The van der Waals surface area contributed by atoms with Gasteiger partial charge in [-0.3, -0.25) is 20.2 Å². The standard InChI is InChI=1S/C22H24N2O6/c25-22(18-13-19(23(26)27)15-20(14-18)24(28)29)30-21-7-3-1-2-5-16-9-11-17(12-10-16)6-4-8-21/h9-15,21H,1-8H2/t21-/m1/s1. The van der Waals surface area contributed by atoms with Gasteiger partial charge in [-0.2, -0.15) is 0 Å². The van der Waals surface area contributed by atoms with Crippen LogP contribution >= 0.6 is 0 Å². The minimum Gasteiger partial charge on any atom is -0.459 e. The average molecular weight is 412 g/mol. The van der Waals surface area contributed by atoms with Gasteiger partial charge in [0.25, 0.3) is 11.4 Å². The molecule has 2 bridgehead atoms. The fourth-order valence-electron chi connectivity index (χ4n) is 3.69. The van der Waals surface area contributed by atoms with E-state index in [4.69, 9.17) is 4.74 Å². The number of benzene rings is 2. The Morgan fingerprint density at radius 3 is 1.90 bits per heavy atom. The molecule has 2 aliphatic rings. The van der Waals surface area contributed by atoms with E-state index in [0.29, 0.717) is 12.8 Å². The summed E-state index contributed by atoms with van der Waals surface area (Å²) in [6.07, 6.45) is 6.75. The topological polar surface area (TPSA) is 113 Å². The summed E-state index contributed by atoms with van der Waals surface area (Å²) in [5.41, 5.74) is 1.38. The number of carbonyl (C=O) groups excluding carboxylic acids is 1. The summed E-state index contributed by atoms with van der Waals surface area (Å²) in [4.78, 5) is 33.2. The highest BCUT2D eigenvalue weighted by atomic mass is 16.6. The molecule has 0 fully saturated rings. The van der Waals surface area contributed by atoms with Gasteiger partial charge in [0.2, 0.25) is 0 Å². The predicted octanol–water partition coefficient (Wildman–Crippen LogP) is 5.17. The number of aryl methyl sites for hydroxylation is 2. The Balaban J connectivity index is 1.71. The molecule has 158 valence electrons. The van der Waals surface area contributed by atoms with Crippen molar-refractivity contribution < 1.29 is 19.4 Å². The zero-order valence-electron chi connectivity index (χ0n) is 16.6. The number of nitrogens with zero attached hydrogens (tertiary/aromatic N) is 2. The third kappa shape index (κ3) is 5.85. The Kier molecular flexibility index (Phi) is 7.11. The van der Waals surface area contributed by atoms with E-state index in [1.165, 1.54) is 11.1 Å². The number of hydrogen-bond donors (Lipinski definition) is 0. The Hall–Kier alpha value is -3.29. The van der Waals surface area contributed by atoms with Crippen molar-refractivity contribution >= 4 is 17.3 Å². The fraction of sp³-hybridized carbons (Fsp3) is 0.409. The Bertz CT molecular complexity index is 893. The molecule has 30 heavy (non-hydrogen) atoms. The molecule has 0 spiro atoms. The smallest absolute Gasteiger partial charge is 0.338 e. The quantitative estimate of drug-likeness (QED) is 0.389. The number of fused-ring (bicyclic) bond motifs is 10. The van der Waals surface area contributed by atoms with Crippen molar-refractivity contribution in [1.82, 2.24) is 0 Å². The highest BCUT2D eigenvalue weighted by Gasteiger charge is 2.23. The van der Waals surface area contributed by atoms with Crippen LogP contribution in [-0.2, 0) is 17.6 Å². The van der Waals surface area contributed by atoms with Crippen LogP contribution in [0.5, 0.6) is 0 Å². The zero-order chi connectivity index (χ0) is 21.5. The summed E-state index contributed by atoms with van der Waals surface area (Å²) in [5.74, 6) is -0.764. The van der Waals surface area contributed by atoms with E-state index in [0.717, 1.165) is 56.7 Å². The van der Waals surface area contributed by atoms with Crippen LogP contribution in [0.25, 0.3) is 0 Å². The van der Waals surface area contributed by atoms with Gasteiger partial charge in [-0.25, -0.2) is 4.79 Å². The van der Waals surface area contributed by atoms with Crippen LogP contribution in [0.1, 0.15) is 60.0 Å². The summed E-state index contributed by atoms with van der Waals surface area (Å²) in [5, 5.41) is 22.1. The highest BCUT2D eigenvalue weighted by molar-refractivity contribution is 5.91.